The molecule has 0 aromatic heterocycles. The van der Waals surface area contributed by atoms with Crippen molar-refractivity contribution in [2.24, 2.45) is 0 Å². The minimum absolute atomic E-state index is 0.369. The normalized spacial score (nSPS) is 13.6. The third kappa shape index (κ3) is 8.36. The number of esters is 1. The maximum atomic E-state index is 11.6. The van der Waals surface area contributed by atoms with Crippen molar-refractivity contribution < 1.29 is 24.2 Å². The summed E-state index contributed by atoms with van der Waals surface area (Å²) in [6, 6.07) is -1.35. The Morgan fingerprint density at radius 2 is 1.79 bits per heavy atom. The number of nitrogens with one attached hydrogen (secondary N) is 1. The van der Waals surface area contributed by atoms with Gasteiger partial charge in [-0.1, -0.05) is 23.2 Å². The highest BCUT2D eigenvalue weighted by Gasteiger charge is 2.33. The summed E-state index contributed by atoms with van der Waals surface area (Å²) < 4.78 is 7.59. The van der Waals surface area contributed by atoms with Crippen LogP contribution in [0.1, 0.15) is 20.8 Å². The number of halogens is 3. The summed E-state index contributed by atoms with van der Waals surface area (Å²) >= 11 is 16.4. The quantitative estimate of drug-likeness (QED) is 0.590. The molecule has 0 rings (SSSR count). The lowest BCUT2D eigenvalue weighted by Crippen LogP contribution is -2.47. The molecule has 0 saturated carbocycles. The van der Waals surface area contributed by atoms with Crippen molar-refractivity contribution in [1.82, 2.24) is 5.32 Å². The van der Waals surface area contributed by atoms with Crippen molar-refractivity contribution in [1.29, 1.82) is 0 Å². The van der Waals surface area contributed by atoms with Crippen molar-refractivity contribution in [3.05, 3.63) is 0 Å². The van der Waals surface area contributed by atoms with Crippen LogP contribution < -0.4 is 5.32 Å². The summed E-state index contributed by atoms with van der Waals surface area (Å²) in [6.45, 7) is 4.24. The molecule has 0 fully saturated rings. The molecule has 6 nitrogen and oxygen atoms in total. The van der Waals surface area contributed by atoms with Gasteiger partial charge in [-0.05, 0) is 20.8 Å². The SMILES string of the molecule is CC(C)(C)OC(=O)NC(CO)C(=O)OC(Cl)(Cl)CCl. The maximum absolute atomic E-state index is 11.6. The highest BCUT2D eigenvalue weighted by molar-refractivity contribution is 6.50. The Labute approximate surface area is 126 Å². The predicted octanol–water partition coefficient (Wildman–Crippen LogP) is 1.79. The largest absolute Gasteiger partial charge is 0.444 e. The van der Waals surface area contributed by atoms with Crippen LogP contribution in [-0.2, 0) is 14.3 Å². The molecule has 9 heteroatoms. The second kappa shape index (κ2) is 7.38. The number of amides is 1. The molecule has 0 aliphatic carbocycles. The number of alkyl halides is 3. The van der Waals surface area contributed by atoms with Gasteiger partial charge in [-0.15, -0.1) is 11.6 Å². The van der Waals surface area contributed by atoms with Gasteiger partial charge in [0.1, 0.15) is 5.60 Å². The van der Waals surface area contributed by atoms with Crippen molar-refractivity contribution in [2.75, 3.05) is 12.5 Å². The Kier molecular flexibility index (Phi) is 7.21. The van der Waals surface area contributed by atoms with Gasteiger partial charge in [0, 0.05) is 0 Å². The molecule has 19 heavy (non-hydrogen) atoms. The molecule has 0 aliphatic heterocycles. The second-order valence-corrected chi connectivity index (χ2v) is 6.26. The fraction of sp³-hybridized carbons (Fsp3) is 0.800. The fourth-order valence-electron chi connectivity index (χ4n) is 0.874. The number of aliphatic hydroxyl groups excluding tert-OH is 1. The monoisotopic (exact) mass is 335 g/mol. The molecule has 0 bridgehead atoms. The lowest BCUT2D eigenvalue weighted by molar-refractivity contribution is -0.150. The summed E-state index contributed by atoms with van der Waals surface area (Å²) in [5, 5.41) is 11.1. The van der Waals surface area contributed by atoms with E-state index < -0.39 is 34.8 Å². The van der Waals surface area contributed by atoms with Gasteiger partial charge >= 0.3 is 12.1 Å². The van der Waals surface area contributed by atoms with Crippen LogP contribution in [-0.4, -0.2) is 45.8 Å². The van der Waals surface area contributed by atoms with Gasteiger partial charge in [0.25, 0.3) is 4.52 Å². The lowest BCUT2D eigenvalue weighted by atomic mass is 10.2. The van der Waals surface area contributed by atoms with E-state index in [1.807, 2.05) is 0 Å². The van der Waals surface area contributed by atoms with Crippen LogP contribution in [0.25, 0.3) is 0 Å². The van der Waals surface area contributed by atoms with Crippen LogP contribution in [0.3, 0.4) is 0 Å². The van der Waals surface area contributed by atoms with Gasteiger partial charge in [-0.2, -0.15) is 0 Å². The number of hydrogen-bond donors (Lipinski definition) is 2. The summed E-state index contributed by atoms with van der Waals surface area (Å²) in [4.78, 5) is 23.0. The Hall–Kier alpha value is -0.430. The van der Waals surface area contributed by atoms with E-state index in [1.54, 1.807) is 20.8 Å². The van der Waals surface area contributed by atoms with Gasteiger partial charge < -0.3 is 19.9 Å². The topological polar surface area (TPSA) is 84.9 Å². The smallest absolute Gasteiger partial charge is 0.408 e. The molecule has 0 aromatic rings. The first-order chi connectivity index (χ1) is 8.50. The minimum atomic E-state index is -1.93. The molecule has 0 aromatic carbocycles. The summed E-state index contributed by atoms with van der Waals surface area (Å²) in [5.74, 6) is -1.40. The first-order valence-corrected chi connectivity index (χ1v) is 6.57. The summed E-state index contributed by atoms with van der Waals surface area (Å²) in [6.07, 6.45) is -0.885. The fourth-order valence-corrected chi connectivity index (χ4v) is 1.08. The molecule has 0 heterocycles. The predicted molar refractivity (Wildman–Crippen MR) is 71.5 cm³/mol. The molecular formula is C10H16Cl3NO5. The lowest BCUT2D eigenvalue weighted by Gasteiger charge is -2.24. The number of aliphatic hydroxyl groups is 1. The number of ether oxygens (including phenoxy) is 2. The third-order valence-electron chi connectivity index (χ3n) is 1.56. The van der Waals surface area contributed by atoms with Crippen molar-refractivity contribution in [2.45, 2.75) is 36.9 Å². The Balaban J connectivity index is 4.51. The first-order valence-electron chi connectivity index (χ1n) is 5.28. The molecule has 1 atom stereocenters. The number of hydrogen-bond acceptors (Lipinski definition) is 5. The molecule has 2 N–H and O–H groups in total. The summed E-state index contributed by atoms with van der Waals surface area (Å²) in [7, 11) is 0. The number of rotatable bonds is 5. The number of carbonyl (C=O) groups is 2. The van der Waals surface area contributed by atoms with E-state index in [-0.39, 0.29) is 5.88 Å². The average molecular weight is 337 g/mol. The van der Waals surface area contributed by atoms with Crippen LogP contribution in [0.15, 0.2) is 0 Å². The minimum Gasteiger partial charge on any atom is -0.444 e. The molecule has 0 spiro atoms. The van der Waals surface area contributed by atoms with E-state index in [9.17, 15) is 9.59 Å². The number of carbonyl (C=O) groups excluding carboxylic acids is 2. The van der Waals surface area contributed by atoms with Crippen LogP contribution in [0.2, 0.25) is 0 Å². The molecule has 1 amide bonds. The van der Waals surface area contributed by atoms with E-state index in [2.05, 4.69) is 10.1 Å². The van der Waals surface area contributed by atoms with Crippen LogP contribution in [0, 0.1) is 0 Å². The zero-order chi connectivity index (χ0) is 15.3. The van der Waals surface area contributed by atoms with E-state index in [1.165, 1.54) is 0 Å². The zero-order valence-corrected chi connectivity index (χ0v) is 13.0. The van der Waals surface area contributed by atoms with Crippen LogP contribution >= 0.6 is 34.8 Å². The molecule has 0 radical (unpaired) electrons. The molecule has 0 saturated heterocycles. The van der Waals surface area contributed by atoms with Crippen molar-refractivity contribution in [3.63, 3.8) is 0 Å². The molecular weight excluding hydrogens is 320 g/mol. The van der Waals surface area contributed by atoms with E-state index in [0.29, 0.717) is 0 Å². The van der Waals surface area contributed by atoms with Crippen LogP contribution in [0.5, 0.6) is 0 Å². The molecule has 112 valence electrons. The Morgan fingerprint density at radius 3 is 2.16 bits per heavy atom. The van der Waals surface area contributed by atoms with Gasteiger partial charge in [0.15, 0.2) is 6.04 Å². The van der Waals surface area contributed by atoms with Gasteiger partial charge in [0.05, 0.1) is 12.5 Å². The average Bonchev–Trinajstić information content (AvgIpc) is 2.22. The van der Waals surface area contributed by atoms with E-state index >= 15 is 0 Å². The van der Waals surface area contributed by atoms with Crippen molar-refractivity contribution in [3.8, 4) is 0 Å². The van der Waals surface area contributed by atoms with Crippen molar-refractivity contribution >= 4 is 46.9 Å². The van der Waals surface area contributed by atoms with E-state index in [4.69, 9.17) is 44.6 Å². The Bertz CT molecular complexity index is 330. The second-order valence-electron chi connectivity index (χ2n) is 4.57. The van der Waals surface area contributed by atoms with Gasteiger partial charge in [-0.25, -0.2) is 9.59 Å². The van der Waals surface area contributed by atoms with Gasteiger partial charge in [-0.3, -0.25) is 0 Å². The highest BCUT2D eigenvalue weighted by Crippen LogP contribution is 2.24. The third-order valence-corrected chi connectivity index (χ3v) is 2.64. The molecule has 1 unspecified atom stereocenters. The first kappa shape index (κ1) is 18.6. The number of alkyl carbamates (subject to hydrolysis) is 1. The highest BCUT2D eigenvalue weighted by atomic mass is 35.5. The van der Waals surface area contributed by atoms with Gasteiger partial charge in [0.2, 0.25) is 0 Å². The molecule has 0 aliphatic rings. The van der Waals surface area contributed by atoms with Crippen LogP contribution in [0.4, 0.5) is 4.79 Å². The maximum Gasteiger partial charge on any atom is 0.408 e. The Morgan fingerprint density at radius 1 is 1.26 bits per heavy atom. The zero-order valence-electron chi connectivity index (χ0n) is 10.7. The van der Waals surface area contributed by atoms with E-state index in [0.717, 1.165) is 0 Å². The summed E-state index contributed by atoms with van der Waals surface area (Å²) in [5.41, 5.74) is -0.743. The standard InChI is InChI=1S/C10H16Cl3NO5/c1-9(2,3)19-8(17)14-6(4-15)7(16)18-10(12,13)5-11/h6,15H,4-5H2,1-3H3,(H,14,17).